The highest BCUT2D eigenvalue weighted by Gasteiger charge is 2.32. The lowest BCUT2D eigenvalue weighted by atomic mass is 9.94. The van der Waals surface area contributed by atoms with E-state index in [1.807, 2.05) is 9.80 Å². The summed E-state index contributed by atoms with van der Waals surface area (Å²) in [5.74, 6) is 0.323. The first-order valence-corrected chi connectivity index (χ1v) is 9.52. The van der Waals surface area contributed by atoms with Crippen LogP contribution >= 0.6 is 0 Å². The van der Waals surface area contributed by atoms with Crippen molar-refractivity contribution in [3.63, 3.8) is 0 Å². The van der Waals surface area contributed by atoms with Gasteiger partial charge in [0.05, 0.1) is 11.8 Å². The van der Waals surface area contributed by atoms with Gasteiger partial charge in [-0.25, -0.2) is 0 Å². The molecule has 1 aromatic heterocycles. The van der Waals surface area contributed by atoms with E-state index >= 15 is 0 Å². The lowest BCUT2D eigenvalue weighted by Crippen LogP contribution is -2.52. The molecule has 0 spiro atoms. The predicted molar refractivity (Wildman–Crippen MR) is 98.9 cm³/mol. The number of piperazine rings is 1. The van der Waals surface area contributed by atoms with Crippen LogP contribution in [-0.4, -0.2) is 97.9 Å². The maximum absolute atomic E-state index is 12.8. The molecule has 3 heterocycles. The van der Waals surface area contributed by atoms with Crippen molar-refractivity contribution in [1.29, 1.82) is 0 Å². The topological polar surface area (TPSA) is 60.2 Å². The number of carbonyl (C=O) groups is 2. The summed E-state index contributed by atoms with van der Waals surface area (Å²) in [6.45, 7) is 6.95. The van der Waals surface area contributed by atoms with Gasteiger partial charge in [-0.2, -0.15) is 0 Å². The van der Waals surface area contributed by atoms with Crippen LogP contribution < -0.4 is 0 Å². The number of piperidine rings is 1. The van der Waals surface area contributed by atoms with Crippen molar-refractivity contribution in [3.05, 3.63) is 24.2 Å². The van der Waals surface area contributed by atoms with Crippen LogP contribution in [0.25, 0.3) is 0 Å². The number of hydrogen-bond donors (Lipinski definition) is 0. The van der Waals surface area contributed by atoms with Gasteiger partial charge in [0.25, 0.3) is 5.91 Å². The Morgan fingerprint density at radius 2 is 1.77 bits per heavy atom. The summed E-state index contributed by atoms with van der Waals surface area (Å²) in [7, 11) is 4.17. The van der Waals surface area contributed by atoms with Gasteiger partial charge in [-0.3, -0.25) is 14.5 Å². The molecule has 2 amide bonds. The molecule has 2 aliphatic rings. The molecule has 26 heavy (non-hydrogen) atoms. The molecule has 2 saturated heterocycles. The summed E-state index contributed by atoms with van der Waals surface area (Å²) in [6.07, 6.45) is 4.50. The fourth-order valence-electron chi connectivity index (χ4n) is 3.69. The zero-order valence-electron chi connectivity index (χ0n) is 15.9. The summed E-state index contributed by atoms with van der Waals surface area (Å²) in [6, 6.07) is 1.69. The van der Waals surface area contributed by atoms with Crippen molar-refractivity contribution >= 4 is 11.8 Å². The summed E-state index contributed by atoms with van der Waals surface area (Å²) in [5.41, 5.74) is 0.587. The van der Waals surface area contributed by atoms with Crippen LogP contribution in [0.1, 0.15) is 23.2 Å². The first-order chi connectivity index (χ1) is 12.5. The predicted octanol–water partition coefficient (Wildman–Crippen LogP) is 0.838. The van der Waals surface area contributed by atoms with Gasteiger partial charge >= 0.3 is 0 Å². The van der Waals surface area contributed by atoms with Crippen LogP contribution in [0.15, 0.2) is 23.0 Å². The second-order valence-corrected chi connectivity index (χ2v) is 7.55. The molecule has 7 nitrogen and oxygen atoms in total. The molecule has 0 N–H and O–H groups in total. The van der Waals surface area contributed by atoms with Gasteiger partial charge in [0, 0.05) is 58.3 Å². The van der Waals surface area contributed by atoms with Gasteiger partial charge in [0.1, 0.15) is 6.26 Å². The lowest BCUT2D eigenvalue weighted by Gasteiger charge is -2.38. The van der Waals surface area contributed by atoms with E-state index in [1.165, 1.54) is 12.5 Å². The monoisotopic (exact) mass is 362 g/mol. The average molecular weight is 362 g/mol. The van der Waals surface area contributed by atoms with E-state index in [-0.39, 0.29) is 17.7 Å². The van der Waals surface area contributed by atoms with Crippen molar-refractivity contribution in [2.75, 3.05) is 66.5 Å². The Bertz CT molecular complexity index is 586. The van der Waals surface area contributed by atoms with Crippen molar-refractivity contribution in [3.8, 4) is 0 Å². The number of carbonyl (C=O) groups excluding carboxylic acids is 2. The van der Waals surface area contributed by atoms with E-state index in [1.54, 1.807) is 6.07 Å². The molecule has 0 radical (unpaired) electrons. The molecule has 0 aliphatic carbocycles. The molecule has 2 fully saturated rings. The van der Waals surface area contributed by atoms with Crippen LogP contribution in [0.4, 0.5) is 0 Å². The zero-order valence-corrected chi connectivity index (χ0v) is 15.9. The largest absolute Gasteiger partial charge is 0.472 e. The first kappa shape index (κ1) is 18.9. The van der Waals surface area contributed by atoms with Crippen LogP contribution in [0, 0.1) is 5.92 Å². The Kier molecular flexibility index (Phi) is 6.32. The van der Waals surface area contributed by atoms with E-state index in [2.05, 4.69) is 23.9 Å². The van der Waals surface area contributed by atoms with Crippen molar-refractivity contribution in [1.82, 2.24) is 19.6 Å². The number of furan rings is 1. The maximum Gasteiger partial charge on any atom is 0.257 e. The number of likely N-dealkylation sites (tertiary alicyclic amines) is 1. The standard InChI is InChI=1S/C19H30N4O3/c1-20(2)8-9-21-10-12-23(13-11-21)18(24)16-3-6-22(7-4-16)19(25)17-5-14-26-15-17/h5,14-16H,3-4,6-13H2,1-2H3. The van der Waals surface area contributed by atoms with Crippen molar-refractivity contribution in [2.24, 2.45) is 5.92 Å². The van der Waals surface area contributed by atoms with Gasteiger partial charge < -0.3 is 19.1 Å². The number of nitrogens with zero attached hydrogens (tertiary/aromatic N) is 4. The minimum atomic E-state index is -0.000782. The number of amides is 2. The van der Waals surface area contributed by atoms with Gasteiger partial charge in [-0.05, 0) is 33.0 Å². The molecule has 7 heteroatoms. The molecule has 0 bridgehead atoms. The second-order valence-electron chi connectivity index (χ2n) is 7.55. The molecular formula is C19H30N4O3. The van der Waals surface area contributed by atoms with E-state index in [0.717, 1.165) is 52.1 Å². The molecule has 0 atom stereocenters. The Labute approximate surface area is 155 Å². The highest BCUT2D eigenvalue weighted by molar-refractivity contribution is 5.94. The van der Waals surface area contributed by atoms with Gasteiger partial charge in [-0.15, -0.1) is 0 Å². The maximum atomic E-state index is 12.8. The summed E-state index contributed by atoms with van der Waals surface area (Å²) in [4.78, 5) is 33.6. The third-order valence-corrected chi connectivity index (χ3v) is 5.45. The summed E-state index contributed by atoms with van der Waals surface area (Å²) in [5, 5.41) is 0. The van der Waals surface area contributed by atoms with Crippen molar-refractivity contribution in [2.45, 2.75) is 12.8 Å². The quantitative estimate of drug-likeness (QED) is 0.777. The number of rotatable bonds is 5. The van der Waals surface area contributed by atoms with Crippen molar-refractivity contribution < 1.29 is 14.0 Å². The van der Waals surface area contributed by atoms with Crippen LogP contribution in [0.3, 0.4) is 0 Å². The molecule has 144 valence electrons. The fraction of sp³-hybridized carbons (Fsp3) is 0.684. The zero-order chi connectivity index (χ0) is 18.5. The summed E-state index contributed by atoms with van der Waals surface area (Å²) >= 11 is 0. The van der Waals surface area contributed by atoms with E-state index in [4.69, 9.17) is 4.42 Å². The van der Waals surface area contributed by atoms with E-state index in [9.17, 15) is 9.59 Å². The highest BCUT2D eigenvalue weighted by Crippen LogP contribution is 2.22. The Morgan fingerprint density at radius 3 is 2.35 bits per heavy atom. The Morgan fingerprint density at radius 1 is 1.08 bits per heavy atom. The molecule has 0 saturated carbocycles. The highest BCUT2D eigenvalue weighted by atomic mass is 16.3. The Hall–Kier alpha value is -1.86. The van der Waals surface area contributed by atoms with Crippen LogP contribution in [0.5, 0.6) is 0 Å². The minimum Gasteiger partial charge on any atom is -0.472 e. The molecule has 3 rings (SSSR count). The second kappa shape index (κ2) is 8.68. The van der Waals surface area contributed by atoms with Gasteiger partial charge in [0.15, 0.2) is 0 Å². The van der Waals surface area contributed by atoms with Crippen LogP contribution in [0.2, 0.25) is 0 Å². The smallest absolute Gasteiger partial charge is 0.257 e. The number of likely N-dealkylation sites (N-methyl/N-ethyl adjacent to an activating group) is 1. The fourth-order valence-corrected chi connectivity index (χ4v) is 3.69. The van der Waals surface area contributed by atoms with Crippen LogP contribution in [-0.2, 0) is 4.79 Å². The molecule has 2 aliphatic heterocycles. The average Bonchev–Trinajstić information content (AvgIpc) is 3.20. The lowest BCUT2D eigenvalue weighted by molar-refractivity contribution is -0.138. The molecule has 0 aromatic carbocycles. The molecule has 1 aromatic rings. The Balaban J connectivity index is 1.42. The minimum absolute atomic E-state index is 0.000782. The molecular weight excluding hydrogens is 332 g/mol. The first-order valence-electron chi connectivity index (χ1n) is 9.52. The van der Waals surface area contributed by atoms with E-state index < -0.39 is 0 Å². The SMILES string of the molecule is CN(C)CCN1CCN(C(=O)C2CCN(C(=O)c3ccoc3)CC2)CC1. The van der Waals surface area contributed by atoms with Gasteiger partial charge in [0.2, 0.25) is 5.91 Å². The number of hydrogen-bond acceptors (Lipinski definition) is 5. The normalized spacial score (nSPS) is 20.0. The van der Waals surface area contributed by atoms with Gasteiger partial charge in [-0.1, -0.05) is 0 Å². The third-order valence-electron chi connectivity index (χ3n) is 5.45. The third kappa shape index (κ3) is 4.65. The summed E-state index contributed by atoms with van der Waals surface area (Å²) < 4.78 is 4.99. The molecule has 0 unspecified atom stereocenters. The van der Waals surface area contributed by atoms with E-state index in [0.29, 0.717) is 18.7 Å².